The van der Waals surface area contributed by atoms with Crippen LogP contribution in [0.3, 0.4) is 0 Å². The second kappa shape index (κ2) is 10.0. The fourth-order valence-electron chi connectivity index (χ4n) is 3.29. The van der Waals surface area contributed by atoms with Crippen molar-refractivity contribution in [1.82, 2.24) is 4.98 Å². The Hall–Kier alpha value is -3.44. The predicted molar refractivity (Wildman–Crippen MR) is 128 cm³/mol. The monoisotopic (exact) mass is 428 g/mol. The molecular formula is C26H24N2O2S. The fraction of sp³-hybridized carbons (Fsp3) is 0.154. The lowest BCUT2D eigenvalue weighted by molar-refractivity contribution is -0.116. The van der Waals surface area contributed by atoms with Gasteiger partial charge in [0.2, 0.25) is 5.91 Å². The number of hydrogen-bond acceptors (Lipinski definition) is 4. The van der Waals surface area contributed by atoms with Crippen LogP contribution < -0.4 is 10.1 Å². The maximum absolute atomic E-state index is 12.3. The normalized spacial score (nSPS) is 10.6. The molecule has 1 amide bonds. The number of aromatic nitrogens is 1. The van der Waals surface area contributed by atoms with Crippen molar-refractivity contribution in [2.75, 3.05) is 11.9 Å². The minimum atomic E-state index is -0.0331. The molecule has 0 fully saturated rings. The van der Waals surface area contributed by atoms with Crippen molar-refractivity contribution < 1.29 is 9.53 Å². The molecule has 0 spiro atoms. The van der Waals surface area contributed by atoms with Crippen LogP contribution in [0.2, 0.25) is 0 Å². The molecule has 0 bridgehead atoms. The van der Waals surface area contributed by atoms with E-state index in [0.29, 0.717) is 24.6 Å². The SMILES string of the molecule is CCOc1ccc(CCC(=O)Nc2nc(-c3ccc(-c4ccccc4)cc3)cs2)cc1. The van der Waals surface area contributed by atoms with E-state index < -0.39 is 0 Å². The molecule has 0 aliphatic heterocycles. The topological polar surface area (TPSA) is 51.2 Å². The summed E-state index contributed by atoms with van der Waals surface area (Å²) in [4.78, 5) is 16.9. The molecule has 0 radical (unpaired) electrons. The highest BCUT2D eigenvalue weighted by molar-refractivity contribution is 7.14. The number of rotatable bonds is 8. The molecule has 0 unspecified atom stereocenters. The number of nitrogens with zero attached hydrogens (tertiary/aromatic N) is 1. The van der Waals surface area contributed by atoms with Gasteiger partial charge in [0.15, 0.2) is 5.13 Å². The maximum atomic E-state index is 12.3. The first-order valence-corrected chi connectivity index (χ1v) is 11.2. The Morgan fingerprint density at radius 2 is 1.58 bits per heavy atom. The van der Waals surface area contributed by atoms with E-state index in [-0.39, 0.29) is 5.91 Å². The highest BCUT2D eigenvalue weighted by atomic mass is 32.1. The zero-order valence-corrected chi connectivity index (χ0v) is 18.2. The van der Waals surface area contributed by atoms with Gasteiger partial charge in [0.05, 0.1) is 12.3 Å². The number of amides is 1. The van der Waals surface area contributed by atoms with Crippen LogP contribution in [-0.2, 0) is 11.2 Å². The second-order valence-corrected chi connectivity index (χ2v) is 7.96. The lowest BCUT2D eigenvalue weighted by Gasteiger charge is -2.05. The number of thiazole rings is 1. The molecule has 1 N–H and O–H groups in total. The molecule has 0 saturated heterocycles. The number of carbonyl (C=O) groups excluding carboxylic acids is 1. The summed E-state index contributed by atoms with van der Waals surface area (Å²) < 4.78 is 5.45. The van der Waals surface area contributed by atoms with Gasteiger partial charge in [0.25, 0.3) is 0 Å². The van der Waals surface area contributed by atoms with Gasteiger partial charge in [-0.25, -0.2) is 4.98 Å². The van der Waals surface area contributed by atoms with Gasteiger partial charge in [-0.05, 0) is 42.2 Å². The highest BCUT2D eigenvalue weighted by Crippen LogP contribution is 2.27. The van der Waals surface area contributed by atoms with Crippen LogP contribution in [-0.4, -0.2) is 17.5 Å². The molecule has 0 aliphatic carbocycles. The van der Waals surface area contributed by atoms with Crippen LogP contribution in [0, 0.1) is 0 Å². The lowest BCUT2D eigenvalue weighted by atomic mass is 10.0. The van der Waals surface area contributed by atoms with Crippen LogP contribution in [0.25, 0.3) is 22.4 Å². The van der Waals surface area contributed by atoms with E-state index in [2.05, 4.69) is 46.7 Å². The van der Waals surface area contributed by atoms with Gasteiger partial charge in [-0.3, -0.25) is 4.79 Å². The van der Waals surface area contributed by atoms with Gasteiger partial charge in [0, 0.05) is 17.4 Å². The van der Waals surface area contributed by atoms with E-state index in [1.807, 2.05) is 54.8 Å². The van der Waals surface area contributed by atoms with Crippen LogP contribution in [0.4, 0.5) is 5.13 Å². The van der Waals surface area contributed by atoms with Gasteiger partial charge >= 0.3 is 0 Å². The number of aryl methyl sites for hydroxylation is 1. The van der Waals surface area contributed by atoms with Crippen molar-refractivity contribution in [3.8, 4) is 28.1 Å². The first-order chi connectivity index (χ1) is 15.2. The molecule has 0 saturated carbocycles. The van der Waals surface area contributed by atoms with Gasteiger partial charge in [0.1, 0.15) is 5.75 Å². The number of nitrogens with one attached hydrogen (secondary N) is 1. The average molecular weight is 429 g/mol. The van der Waals surface area contributed by atoms with Crippen LogP contribution >= 0.6 is 11.3 Å². The summed E-state index contributed by atoms with van der Waals surface area (Å²) in [6, 6.07) is 26.5. The summed E-state index contributed by atoms with van der Waals surface area (Å²) in [5.74, 6) is 0.817. The molecule has 3 aromatic carbocycles. The van der Waals surface area contributed by atoms with Gasteiger partial charge in [-0.15, -0.1) is 11.3 Å². The maximum Gasteiger partial charge on any atom is 0.226 e. The van der Waals surface area contributed by atoms with E-state index >= 15 is 0 Å². The fourth-order valence-corrected chi connectivity index (χ4v) is 4.02. The minimum Gasteiger partial charge on any atom is -0.494 e. The summed E-state index contributed by atoms with van der Waals surface area (Å²) in [6.07, 6.45) is 1.09. The highest BCUT2D eigenvalue weighted by Gasteiger charge is 2.09. The van der Waals surface area contributed by atoms with Crippen molar-refractivity contribution in [1.29, 1.82) is 0 Å². The Morgan fingerprint density at radius 3 is 2.29 bits per heavy atom. The van der Waals surface area contributed by atoms with Gasteiger partial charge in [-0.1, -0.05) is 66.7 Å². The zero-order valence-electron chi connectivity index (χ0n) is 17.4. The molecule has 4 nitrogen and oxygen atoms in total. The molecule has 0 atom stereocenters. The van der Waals surface area contributed by atoms with E-state index in [1.165, 1.54) is 22.5 Å². The molecule has 156 valence electrons. The molecule has 1 aromatic heterocycles. The third kappa shape index (κ3) is 5.58. The minimum absolute atomic E-state index is 0.0331. The van der Waals surface area contributed by atoms with Crippen molar-refractivity contribution in [3.63, 3.8) is 0 Å². The number of ether oxygens (including phenoxy) is 1. The largest absolute Gasteiger partial charge is 0.494 e. The molecule has 4 aromatic rings. The van der Waals surface area contributed by atoms with Crippen molar-refractivity contribution >= 4 is 22.4 Å². The predicted octanol–water partition coefficient (Wildman–Crippen LogP) is 6.45. The van der Waals surface area contributed by atoms with Crippen LogP contribution in [0.15, 0.2) is 84.2 Å². The third-order valence-corrected chi connectivity index (χ3v) is 5.67. The standard InChI is InChI=1S/C26H24N2O2S/c1-2-30-23-15-8-19(9-16-23)10-17-25(29)28-26-27-24(18-31-26)22-13-11-21(12-14-22)20-6-4-3-5-7-20/h3-9,11-16,18H,2,10,17H2,1H3,(H,27,28,29). The van der Waals surface area contributed by atoms with Crippen molar-refractivity contribution in [2.24, 2.45) is 0 Å². The Balaban J connectivity index is 1.32. The molecule has 1 heterocycles. The third-order valence-electron chi connectivity index (χ3n) is 4.91. The Bertz CT molecular complexity index is 1120. The quantitative estimate of drug-likeness (QED) is 0.351. The van der Waals surface area contributed by atoms with Crippen molar-refractivity contribution in [3.05, 3.63) is 89.8 Å². The first kappa shape index (κ1) is 20.8. The average Bonchev–Trinajstić information content (AvgIpc) is 3.28. The van der Waals surface area contributed by atoms with Gasteiger partial charge < -0.3 is 10.1 Å². The number of hydrogen-bond donors (Lipinski definition) is 1. The van der Waals surface area contributed by atoms with Crippen LogP contribution in [0.1, 0.15) is 18.9 Å². The molecular weight excluding hydrogens is 404 g/mol. The molecule has 31 heavy (non-hydrogen) atoms. The number of carbonyl (C=O) groups is 1. The first-order valence-electron chi connectivity index (χ1n) is 10.3. The summed E-state index contributed by atoms with van der Waals surface area (Å²) >= 11 is 1.44. The summed E-state index contributed by atoms with van der Waals surface area (Å²) in [5, 5.41) is 5.51. The summed E-state index contributed by atoms with van der Waals surface area (Å²) in [5.41, 5.74) is 5.37. The van der Waals surface area contributed by atoms with E-state index in [9.17, 15) is 4.79 Å². The second-order valence-electron chi connectivity index (χ2n) is 7.11. The number of benzene rings is 3. The Kier molecular flexibility index (Phi) is 6.75. The Labute approximate surface area is 186 Å². The Morgan fingerprint density at radius 1 is 0.903 bits per heavy atom. The van der Waals surface area contributed by atoms with E-state index in [0.717, 1.165) is 22.6 Å². The number of anilines is 1. The van der Waals surface area contributed by atoms with E-state index in [1.54, 1.807) is 0 Å². The lowest BCUT2D eigenvalue weighted by Crippen LogP contribution is -2.12. The van der Waals surface area contributed by atoms with E-state index in [4.69, 9.17) is 4.74 Å². The van der Waals surface area contributed by atoms with Crippen molar-refractivity contribution in [2.45, 2.75) is 19.8 Å². The molecule has 4 rings (SSSR count). The van der Waals surface area contributed by atoms with Gasteiger partial charge in [-0.2, -0.15) is 0 Å². The zero-order chi connectivity index (χ0) is 21.5. The summed E-state index contributed by atoms with van der Waals surface area (Å²) in [7, 11) is 0. The molecule has 5 heteroatoms. The smallest absolute Gasteiger partial charge is 0.226 e. The molecule has 0 aliphatic rings. The van der Waals surface area contributed by atoms with Crippen LogP contribution in [0.5, 0.6) is 5.75 Å². The summed E-state index contributed by atoms with van der Waals surface area (Å²) in [6.45, 7) is 2.61.